The number of thiophene rings is 1. The summed E-state index contributed by atoms with van der Waals surface area (Å²) in [4.78, 5) is 24.8. The number of nitrogens with two attached hydrogens (primary N) is 1. The number of amides is 1. The number of allylic oxidation sites excluding steroid dienone is 1. The molecule has 2 rings (SSSR count). The third-order valence-corrected chi connectivity index (χ3v) is 5.58. The zero-order valence-corrected chi connectivity index (χ0v) is 17.0. The molecule has 26 heavy (non-hydrogen) atoms. The Bertz CT molecular complexity index is 809. The van der Waals surface area contributed by atoms with Crippen molar-refractivity contribution in [1.82, 2.24) is 0 Å². The minimum absolute atomic E-state index is 0.0235. The molecule has 6 nitrogen and oxygen atoms in total. The maximum Gasteiger partial charge on any atom is 0.331 e. The number of nitrogens with one attached hydrogen (secondary N) is 1. The van der Waals surface area contributed by atoms with E-state index in [0.29, 0.717) is 10.6 Å². The van der Waals surface area contributed by atoms with E-state index in [-0.39, 0.29) is 17.7 Å². The van der Waals surface area contributed by atoms with Gasteiger partial charge in [0.25, 0.3) is 5.91 Å². The minimum atomic E-state index is -0.552. The number of quaternary nitrogens is 1. The molecular weight excluding hydrogens is 350 g/mol. The van der Waals surface area contributed by atoms with Gasteiger partial charge in [-0.25, -0.2) is 4.79 Å². The number of carbonyl (C=O) groups is 2. The van der Waals surface area contributed by atoms with Gasteiger partial charge in [-0.15, -0.1) is 11.3 Å². The molecule has 7 heteroatoms. The first kappa shape index (κ1) is 20.1. The number of nitrogens with zero attached hydrogens (tertiary/aromatic N) is 1. The number of esters is 1. The molecule has 2 heterocycles. The van der Waals surface area contributed by atoms with Gasteiger partial charge in [-0.3, -0.25) is 4.79 Å². The molecule has 1 aliphatic heterocycles. The highest BCUT2D eigenvalue weighted by molar-refractivity contribution is 7.16. The van der Waals surface area contributed by atoms with Crippen LogP contribution in [0.15, 0.2) is 11.6 Å². The molecule has 1 aliphatic rings. The number of fused-ring (bicyclic) bond motifs is 1. The Morgan fingerprint density at radius 2 is 2.00 bits per heavy atom. The predicted molar refractivity (Wildman–Crippen MR) is 101 cm³/mol. The lowest BCUT2D eigenvalue weighted by Gasteiger charge is -2.38. The van der Waals surface area contributed by atoms with Crippen molar-refractivity contribution in [2.75, 3.05) is 11.9 Å². The summed E-state index contributed by atoms with van der Waals surface area (Å²) in [6.07, 6.45) is 2.09. The van der Waals surface area contributed by atoms with Crippen LogP contribution in [0.3, 0.4) is 0 Å². The molecule has 1 aromatic heterocycles. The van der Waals surface area contributed by atoms with Gasteiger partial charge >= 0.3 is 5.97 Å². The van der Waals surface area contributed by atoms with Crippen molar-refractivity contribution in [1.29, 1.82) is 5.26 Å². The first-order valence-electron chi connectivity index (χ1n) is 8.50. The van der Waals surface area contributed by atoms with E-state index in [0.717, 1.165) is 22.4 Å². The molecule has 0 atom stereocenters. The summed E-state index contributed by atoms with van der Waals surface area (Å²) in [5.74, 6) is -1.000. The van der Waals surface area contributed by atoms with Crippen LogP contribution < -0.4 is 10.6 Å². The van der Waals surface area contributed by atoms with Crippen LogP contribution >= 0.6 is 11.3 Å². The number of hydrogen-bond acceptors (Lipinski definition) is 5. The zero-order valence-electron chi connectivity index (χ0n) is 16.1. The van der Waals surface area contributed by atoms with Gasteiger partial charge in [0.2, 0.25) is 0 Å². The van der Waals surface area contributed by atoms with Crippen molar-refractivity contribution in [2.45, 2.75) is 59.0 Å². The van der Waals surface area contributed by atoms with Crippen LogP contribution in [0.5, 0.6) is 0 Å². The number of anilines is 1. The molecule has 0 saturated heterocycles. The van der Waals surface area contributed by atoms with Crippen LogP contribution in [0.1, 0.15) is 57.5 Å². The number of hydrogen-bond donors (Lipinski definition) is 2. The van der Waals surface area contributed by atoms with E-state index < -0.39 is 11.9 Å². The second kappa shape index (κ2) is 7.22. The number of carbonyl (C=O) groups excluding carboxylic acids is 2. The summed E-state index contributed by atoms with van der Waals surface area (Å²) >= 11 is 1.43. The van der Waals surface area contributed by atoms with Gasteiger partial charge in [-0.05, 0) is 47.1 Å². The fourth-order valence-electron chi connectivity index (χ4n) is 3.49. The molecule has 0 aromatic carbocycles. The van der Waals surface area contributed by atoms with E-state index in [2.05, 4.69) is 44.4 Å². The van der Waals surface area contributed by atoms with Crippen LogP contribution in [0.4, 0.5) is 5.00 Å². The third kappa shape index (κ3) is 4.51. The molecule has 0 saturated carbocycles. The molecular formula is C19H26N3O3S+. The number of rotatable bonds is 4. The number of ether oxygens (including phenoxy) is 1. The van der Waals surface area contributed by atoms with Gasteiger partial charge in [0.05, 0.1) is 16.0 Å². The smallest absolute Gasteiger partial charge is 0.331 e. The molecule has 0 bridgehead atoms. The molecule has 0 radical (unpaired) electrons. The lowest BCUT2D eigenvalue weighted by molar-refractivity contribution is -0.789. The van der Waals surface area contributed by atoms with Gasteiger partial charge in [-0.1, -0.05) is 5.57 Å². The Labute approximate surface area is 158 Å². The van der Waals surface area contributed by atoms with E-state index in [4.69, 9.17) is 4.74 Å². The van der Waals surface area contributed by atoms with Gasteiger partial charge in [0.15, 0.2) is 6.61 Å². The normalized spacial score (nSPS) is 16.8. The van der Waals surface area contributed by atoms with Crippen molar-refractivity contribution in [2.24, 2.45) is 0 Å². The van der Waals surface area contributed by atoms with Crippen LogP contribution in [-0.4, -0.2) is 24.0 Å². The van der Waals surface area contributed by atoms with Crippen molar-refractivity contribution in [3.63, 3.8) is 0 Å². The summed E-state index contributed by atoms with van der Waals surface area (Å²) in [5.41, 5.74) is 2.13. The van der Waals surface area contributed by atoms with Crippen LogP contribution in [0, 0.1) is 11.3 Å². The van der Waals surface area contributed by atoms with Gasteiger partial charge < -0.3 is 15.4 Å². The Hall–Kier alpha value is -2.17. The molecule has 140 valence electrons. The van der Waals surface area contributed by atoms with E-state index in [1.54, 1.807) is 13.8 Å². The average Bonchev–Trinajstić information content (AvgIpc) is 2.80. The molecule has 0 aliphatic carbocycles. The highest BCUT2D eigenvalue weighted by atomic mass is 32.1. The Balaban J connectivity index is 2.21. The lowest BCUT2D eigenvalue weighted by Crippen LogP contribution is -3.03. The van der Waals surface area contributed by atoms with Crippen molar-refractivity contribution in [3.8, 4) is 6.07 Å². The zero-order chi connectivity index (χ0) is 19.7. The van der Waals surface area contributed by atoms with Crippen LogP contribution in [0.25, 0.3) is 0 Å². The van der Waals surface area contributed by atoms with Gasteiger partial charge in [0, 0.05) is 12.5 Å². The monoisotopic (exact) mass is 376 g/mol. The quantitative estimate of drug-likeness (QED) is 0.622. The number of nitriles is 1. The summed E-state index contributed by atoms with van der Waals surface area (Å²) < 4.78 is 4.92. The van der Waals surface area contributed by atoms with Crippen molar-refractivity contribution < 1.29 is 19.6 Å². The van der Waals surface area contributed by atoms with E-state index in [1.165, 1.54) is 17.4 Å². The second-order valence-corrected chi connectivity index (χ2v) is 9.16. The third-order valence-electron chi connectivity index (χ3n) is 4.09. The standard InChI is InChI=1S/C19H25N3O3S/c1-11(2)7-15(24)25-10-14(23)21-17-13(9-20)12-8-18(3,4)22-19(5,6)16(12)26-17/h7,22H,8,10H2,1-6H3,(H,21,23)/p+1. The van der Waals surface area contributed by atoms with Crippen molar-refractivity contribution >= 4 is 28.2 Å². The average molecular weight is 377 g/mol. The molecule has 0 spiro atoms. The maximum atomic E-state index is 12.2. The second-order valence-electron chi connectivity index (χ2n) is 8.13. The van der Waals surface area contributed by atoms with Crippen LogP contribution in [-0.2, 0) is 26.3 Å². The Morgan fingerprint density at radius 1 is 1.35 bits per heavy atom. The highest BCUT2D eigenvalue weighted by Gasteiger charge is 2.44. The minimum Gasteiger partial charge on any atom is -0.452 e. The molecule has 3 N–H and O–H groups in total. The summed E-state index contributed by atoms with van der Waals surface area (Å²) in [6.45, 7) is 11.7. The summed E-state index contributed by atoms with van der Waals surface area (Å²) in [5, 5.41) is 15.2. The summed E-state index contributed by atoms with van der Waals surface area (Å²) in [6, 6.07) is 2.24. The Morgan fingerprint density at radius 3 is 2.58 bits per heavy atom. The van der Waals surface area contributed by atoms with Gasteiger partial charge in [0.1, 0.15) is 16.6 Å². The van der Waals surface area contributed by atoms with Crippen LogP contribution in [0.2, 0.25) is 0 Å². The van der Waals surface area contributed by atoms with E-state index in [9.17, 15) is 14.9 Å². The molecule has 1 aromatic rings. The molecule has 0 fully saturated rings. The predicted octanol–water partition coefficient (Wildman–Crippen LogP) is 2.20. The SMILES string of the molecule is CC(C)=CC(=O)OCC(=O)Nc1sc2c(c1C#N)CC(C)(C)[NH2+]C2(C)C. The first-order valence-corrected chi connectivity index (χ1v) is 9.31. The Kier molecular flexibility index (Phi) is 5.59. The van der Waals surface area contributed by atoms with Crippen molar-refractivity contribution in [3.05, 3.63) is 27.7 Å². The maximum absolute atomic E-state index is 12.2. The molecule has 0 unspecified atom stereocenters. The van der Waals surface area contributed by atoms with Gasteiger partial charge in [-0.2, -0.15) is 5.26 Å². The highest BCUT2D eigenvalue weighted by Crippen LogP contribution is 2.41. The largest absolute Gasteiger partial charge is 0.452 e. The summed E-state index contributed by atoms with van der Waals surface area (Å²) in [7, 11) is 0. The lowest BCUT2D eigenvalue weighted by atomic mass is 9.81. The fourth-order valence-corrected chi connectivity index (χ4v) is 4.75. The van der Waals surface area contributed by atoms with E-state index in [1.807, 2.05) is 0 Å². The topological polar surface area (TPSA) is 95.8 Å². The first-order chi connectivity index (χ1) is 11.9. The van der Waals surface area contributed by atoms with E-state index >= 15 is 0 Å². The molecule has 1 amide bonds. The fraction of sp³-hybridized carbons (Fsp3) is 0.526.